The van der Waals surface area contributed by atoms with E-state index in [0.717, 1.165) is 38.4 Å². The van der Waals surface area contributed by atoms with Gasteiger partial charge in [-0.1, -0.05) is 18.2 Å². The van der Waals surface area contributed by atoms with Crippen LogP contribution in [0.2, 0.25) is 0 Å². The molecule has 0 saturated carbocycles. The van der Waals surface area contributed by atoms with Crippen LogP contribution in [-0.4, -0.2) is 61.0 Å². The van der Waals surface area contributed by atoms with Gasteiger partial charge in [0.25, 0.3) is 5.91 Å². The number of rotatable bonds is 6. The van der Waals surface area contributed by atoms with E-state index in [9.17, 15) is 9.59 Å². The Balaban J connectivity index is 1.12. The zero-order valence-electron chi connectivity index (χ0n) is 18.2. The Bertz CT molecular complexity index is 1290. The van der Waals surface area contributed by atoms with Crippen LogP contribution in [0, 0.1) is 6.92 Å². The molecule has 5 rings (SSSR count). The van der Waals surface area contributed by atoms with Crippen molar-refractivity contribution in [3.63, 3.8) is 0 Å². The molecule has 7 nitrogen and oxygen atoms in total. The Kier molecular flexibility index (Phi) is 6.15. The molecule has 0 spiro atoms. The second kappa shape index (κ2) is 9.36. The average molecular weight is 481 g/mol. The number of hydrogen-bond donors (Lipinski definition) is 1. The minimum Gasteiger partial charge on any atom is -0.483 e. The van der Waals surface area contributed by atoms with Gasteiger partial charge in [0.2, 0.25) is 5.91 Å². The molecule has 0 bridgehead atoms. The summed E-state index contributed by atoms with van der Waals surface area (Å²) in [6.45, 7) is 4.68. The van der Waals surface area contributed by atoms with Crippen molar-refractivity contribution in [2.45, 2.75) is 6.92 Å². The van der Waals surface area contributed by atoms with Crippen molar-refractivity contribution in [1.29, 1.82) is 0 Å². The average Bonchev–Trinajstić information content (AvgIpc) is 3.48. The van der Waals surface area contributed by atoms with Crippen molar-refractivity contribution >= 4 is 60.5 Å². The molecule has 2 amide bonds. The lowest BCUT2D eigenvalue weighted by atomic mass is 10.2. The summed E-state index contributed by atoms with van der Waals surface area (Å²) in [5.41, 5.74) is 2.15. The summed E-state index contributed by atoms with van der Waals surface area (Å²) < 4.78 is 7.95. The van der Waals surface area contributed by atoms with Gasteiger partial charge in [0.1, 0.15) is 5.75 Å². The molecule has 1 fully saturated rings. The summed E-state index contributed by atoms with van der Waals surface area (Å²) in [7, 11) is 0. The maximum atomic E-state index is 12.6. The number of para-hydroxylation sites is 1. The lowest BCUT2D eigenvalue weighted by Crippen LogP contribution is -2.51. The van der Waals surface area contributed by atoms with E-state index in [1.807, 2.05) is 42.6 Å². The number of amides is 2. The number of fused-ring (bicyclic) bond motifs is 3. The van der Waals surface area contributed by atoms with Gasteiger partial charge >= 0.3 is 0 Å². The third-order valence-corrected chi connectivity index (χ3v) is 7.56. The van der Waals surface area contributed by atoms with Crippen molar-refractivity contribution in [3.8, 4) is 5.75 Å². The van der Waals surface area contributed by atoms with Gasteiger partial charge < -0.3 is 19.9 Å². The first-order valence-electron chi connectivity index (χ1n) is 10.8. The monoisotopic (exact) mass is 480 g/mol. The van der Waals surface area contributed by atoms with E-state index in [-0.39, 0.29) is 25.0 Å². The number of aryl methyl sites for hydroxylation is 1. The highest BCUT2D eigenvalue weighted by molar-refractivity contribution is 7.21. The smallest absolute Gasteiger partial charge is 0.258 e. The number of nitrogens with zero attached hydrogens (tertiary/aromatic N) is 3. The molecule has 9 heteroatoms. The molecule has 1 saturated heterocycles. The first kappa shape index (κ1) is 21.7. The van der Waals surface area contributed by atoms with Crippen LogP contribution < -0.4 is 15.0 Å². The third-order valence-electron chi connectivity index (χ3n) is 5.72. The van der Waals surface area contributed by atoms with Gasteiger partial charge in [-0.15, -0.1) is 22.7 Å². The number of benzene rings is 2. The van der Waals surface area contributed by atoms with Crippen molar-refractivity contribution in [2.24, 2.45) is 0 Å². The fraction of sp³-hybridized carbons (Fsp3) is 0.292. The van der Waals surface area contributed by atoms with Crippen LogP contribution in [0.25, 0.3) is 20.3 Å². The summed E-state index contributed by atoms with van der Waals surface area (Å²) in [6.07, 6.45) is 0. The summed E-state index contributed by atoms with van der Waals surface area (Å²) in [5, 5.41) is 6.66. The number of carbonyl (C=O) groups is 2. The molecule has 0 aliphatic carbocycles. The van der Waals surface area contributed by atoms with Crippen LogP contribution in [0.5, 0.6) is 5.75 Å². The number of ether oxygens (including phenoxy) is 1. The number of thiophene rings is 1. The Hall–Kier alpha value is -3.17. The topological polar surface area (TPSA) is 74.8 Å². The maximum absolute atomic E-state index is 12.6. The largest absolute Gasteiger partial charge is 0.483 e. The van der Waals surface area contributed by atoms with E-state index in [1.54, 1.807) is 27.6 Å². The molecule has 0 radical (unpaired) electrons. The molecule has 0 atom stereocenters. The number of aromatic nitrogens is 1. The first-order chi connectivity index (χ1) is 16.1. The van der Waals surface area contributed by atoms with E-state index in [4.69, 9.17) is 4.74 Å². The quantitative estimate of drug-likeness (QED) is 0.456. The molecule has 3 heterocycles. The minimum absolute atomic E-state index is 0.0194. The molecular weight excluding hydrogens is 456 g/mol. The van der Waals surface area contributed by atoms with Crippen LogP contribution >= 0.6 is 22.7 Å². The van der Waals surface area contributed by atoms with Crippen molar-refractivity contribution in [3.05, 3.63) is 52.9 Å². The van der Waals surface area contributed by atoms with Gasteiger partial charge in [-0.05, 0) is 30.5 Å². The van der Waals surface area contributed by atoms with Crippen LogP contribution in [-0.2, 0) is 9.59 Å². The SMILES string of the molecule is Cc1nc2c(cc(OCC(=O)NCC(=O)N3CCN(c4ccccc4)CC3)c3ccsc32)s1. The predicted octanol–water partition coefficient (Wildman–Crippen LogP) is 3.66. The lowest BCUT2D eigenvalue weighted by molar-refractivity contribution is -0.133. The van der Waals surface area contributed by atoms with Crippen LogP contribution in [0.4, 0.5) is 5.69 Å². The van der Waals surface area contributed by atoms with E-state index >= 15 is 0 Å². The second-order valence-corrected chi connectivity index (χ2v) is 10.0. The molecule has 2 aromatic heterocycles. The second-order valence-electron chi connectivity index (χ2n) is 7.89. The van der Waals surface area contributed by atoms with Gasteiger partial charge in [0.05, 0.1) is 26.5 Å². The van der Waals surface area contributed by atoms with Crippen molar-refractivity contribution in [1.82, 2.24) is 15.2 Å². The fourth-order valence-electron chi connectivity index (χ4n) is 4.04. The molecule has 33 heavy (non-hydrogen) atoms. The summed E-state index contributed by atoms with van der Waals surface area (Å²) in [6, 6.07) is 14.1. The van der Waals surface area contributed by atoms with Gasteiger partial charge in [-0.3, -0.25) is 9.59 Å². The summed E-state index contributed by atoms with van der Waals surface area (Å²) in [4.78, 5) is 33.6. The van der Waals surface area contributed by atoms with E-state index in [0.29, 0.717) is 18.8 Å². The highest BCUT2D eigenvalue weighted by atomic mass is 32.1. The number of hydrogen-bond acceptors (Lipinski definition) is 7. The van der Waals surface area contributed by atoms with E-state index < -0.39 is 0 Å². The molecule has 4 aromatic rings. The first-order valence-corrected chi connectivity index (χ1v) is 12.5. The molecule has 1 aliphatic heterocycles. The van der Waals surface area contributed by atoms with E-state index in [1.165, 1.54) is 5.69 Å². The fourth-order valence-corrected chi connectivity index (χ4v) is 5.87. The van der Waals surface area contributed by atoms with Crippen LogP contribution in [0.3, 0.4) is 0 Å². The molecule has 2 aromatic carbocycles. The number of thiazole rings is 1. The summed E-state index contributed by atoms with van der Waals surface area (Å²) >= 11 is 3.23. The molecule has 170 valence electrons. The molecular formula is C24H24N4O3S2. The Labute approximate surface area is 199 Å². The number of anilines is 1. The standard InChI is InChI=1S/C24H24N4O3S2/c1-16-26-23-20(33-16)13-19(18-7-12-32-24(18)23)31-15-21(29)25-14-22(30)28-10-8-27(9-11-28)17-5-3-2-4-6-17/h2-7,12-13H,8-11,14-15H2,1H3,(H,25,29). The Morgan fingerprint density at radius 1 is 1.12 bits per heavy atom. The maximum Gasteiger partial charge on any atom is 0.258 e. The van der Waals surface area contributed by atoms with Gasteiger partial charge in [0.15, 0.2) is 6.61 Å². The number of carbonyl (C=O) groups excluding carboxylic acids is 2. The minimum atomic E-state index is -0.310. The van der Waals surface area contributed by atoms with Crippen molar-refractivity contribution in [2.75, 3.05) is 44.2 Å². The molecule has 1 aliphatic rings. The zero-order valence-corrected chi connectivity index (χ0v) is 19.9. The van der Waals surface area contributed by atoms with Gasteiger partial charge in [-0.25, -0.2) is 4.98 Å². The Morgan fingerprint density at radius 3 is 2.70 bits per heavy atom. The highest BCUT2D eigenvalue weighted by Crippen LogP contribution is 2.38. The van der Waals surface area contributed by atoms with Gasteiger partial charge in [0, 0.05) is 43.3 Å². The van der Waals surface area contributed by atoms with Crippen LogP contribution in [0.1, 0.15) is 5.01 Å². The van der Waals surface area contributed by atoms with Gasteiger partial charge in [-0.2, -0.15) is 0 Å². The normalized spacial score (nSPS) is 14.1. The number of piperazine rings is 1. The molecule has 1 N–H and O–H groups in total. The molecule has 0 unspecified atom stereocenters. The predicted molar refractivity (Wildman–Crippen MR) is 133 cm³/mol. The highest BCUT2D eigenvalue weighted by Gasteiger charge is 2.21. The zero-order chi connectivity index (χ0) is 22.8. The lowest BCUT2D eigenvalue weighted by Gasteiger charge is -2.36. The van der Waals surface area contributed by atoms with Crippen molar-refractivity contribution < 1.29 is 14.3 Å². The third kappa shape index (κ3) is 4.65. The van der Waals surface area contributed by atoms with Crippen LogP contribution in [0.15, 0.2) is 47.8 Å². The van der Waals surface area contributed by atoms with E-state index in [2.05, 4.69) is 27.3 Å². The summed E-state index contributed by atoms with van der Waals surface area (Å²) in [5.74, 6) is 0.286. The Morgan fingerprint density at radius 2 is 1.91 bits per heavy atom. The number of nitrogens with one attached hydrogen (secondary N) is 1.